The van der Waals surface area contributed by atoms with Crippen molar-refractivity contribution in [2.24, 2.45) is 5.73 Å². The minimum Gasteiger partial charge on any atom is -0.330 e. The summed E-state index contributed by atoms with van der Waals surface area (Å²) >= 11 is 0. The van der Waals surface area contributed by atoms with Gasteiger partial charge in [-0.25, -0.2) is 0 Å². The Morgan fingerprint density at radius 3 is 1.68 bits per heavy atom. The van der Waals surface area contributed by atoms with Crippen molar-refractivity contribution in [3.05, 3.63) is 35.9 Å². The maximum Gasteiger partial charge on any atom is 0.0205 e. The molecular formula is C20H36N2. The van der Waals surface area contributed by atoms with Crippen LogP contribution in [0.4, 0.5) is 0 Å². The molecule has 0 spiro atoms. The van der Waals surface area contributed by atoms with Crippen LogP contribution in [0.15, 0.2) is 30.3 Å². The Hall–Kier alpha value is -0.860. The lowest BCUT2D eigenvalue weighted by Gasteiger charge is -2.05. The molecule has 22 heavy (non-hydrogen) atoms. The monoisotopic (exact) mass is 304 g/mol. The van der Waals surface area contributed by atoms with Crippen LogP contribution in [-0.2, 0) is 6.54 Å². The molecule has 126 valence electrons. The summed E-state index contributed by atoms with van der Waals surface area (Å²) < 4.78 is 0. The summed E-state index contributed by atoms with van der Waals surface area (Å²) in [4.78, 5) is 0. The Morgan fingerprint density at radius 1 is 0.636 bits per heavy atom. The summed E-state index contributed by atoms with van der Waals surface area (Å²) in [6.45, 7) is 3.02. The van der Waals surface area contributed by atoms with Gasteiger partial charge in [-0.3, -0.25) is 0 Å². The van der Waals surface area contributed by atoms with Gasteiger partial charge in [0.05, 0.1) is 0 Å². The number of nitrogens with one attached hydrogen (secondary N) is 1. The van der Waals surface area contributed by atoms with E-state index in [4.69, 9.17) is 5.73 Å². The topological polar surface area (TPSA) is 38.0 Å². The molecule has 1 aromatic carbocycles. The third-order valence-corrected chi connectivity index (χ3v) is 4.23. The number of hydrogen-bond donors (Lipinski definition) is 2. The predicted octanol–water partition coefficient (Wildman–Crippen LogP) is 5.03. The largest absolute Gasteiger partial charge is 0.330 e. The fourth-order valence-electron chi connectivity index (χ4n) is 2.81. The van der Waals surface area contributed by atoms with Crippen molar-refractivity contribution < 1.29 is 0 Å². The number of rotatable bonds is 15. The van der Waals surface area contributed by atoms with Crippen molar-refractivity contribution in [3.63, 3.8) is 0 Å². The van der Waals surface area contributed by atoms with Gasteiger partial charge in [0.1, 0.15) is 0 Å². The molecule has 0 heterocycles. The lowest BCUT2D eigenvalue weighted by molar-refractivity contribution is 0.537. The fourth-order valence-corrected chi connectivity index (χ4v) is 2.81. The van der Waals surface area contributed by atoms with Gasteiger partial charge in [0, 0.05) is 6.54 Å². The van der Waals surface area contributed by atoms with Crippen molar-refractivity contribution in [1.29, 1.82) is 0 Å². The average Bonchev–Trinajstić information content (AvgIpc) is 2.56. The minimum atomic E-state index is 0.861. The zero-order valence-electron chi connectivity index (χ0n) is 14.4. The summed E-state index contributed by atoms with van der Waals surface area (Å²) in [7, 11) is 0. The molecule has 0 fully saturated rings. The van der Waals surface area contributed by atoms with Gasteiger partial charge in [-0.15, -0.1) is 0 Å². The Balaban J connectivity index is 1.73. The van der Waals surface area contributed by atoms with Crippen LogP contribution < -0.4 is 11.1 Å². The van der Waals surface area contributed by atoms with Crippen molar-refractivity contribution >= 4 is 0 Å². The first kappa shape index (κ1) is 19.2. The van der Waals surface area contributed by atoms with Gasteiger partial charge in [-0.1, -0.05) is 88.1 Å². The molecule has 0 atom stereocenters. The lowest BCUT2D eigenvalue weighted by atomic mass is 10.1. The minimum absolute atomic E-state index is 0.861. The Bertz CT molecular complexity index is 324. The highest BCUT2D eigenvalue weighted by atomic mass is 14.8. The SMILES string of the molecule is NCCCCCCCCCCCCCNCc1ccccc1. The van der Waals surface area contributed by atoms with E-state index in [1.165, 1.54) is 76.2 Å². The molecule has 2 nitrogen and oxygen atoms in total. The third kappa shape index (κ3) is 11.8. The van der Waals surface area contributed by atoms with Crippen molar-refractivity contribution in [2.75, 3.05) is 13.1 Å². The van der Waals surface area contributed by atoms with E-state index in [-0.39, 0.29) is 0 Å². The highest BCUT2D eigenvalue weighted by molar-refractivity contribution is 5.14. The molecule has 0 aliphatic heterocycles. The number of unbranched alkanes of at least 4 members (excludes halogenated alkanes) is 10. The first-order valence-corrected chi connectivity index (χ1v) is 9.38. The molecule has 0 aliphatic rings. The van der Waals surface area contributed by atoms with E-state index in [0.29, 0.717) is 0 Å². The standard InChI is InChI=1S/C20H36N2/c21-17-13-8-6-4-2-1-3-5-7-9-14-18-22-19-20-15-11-10-12-16-20/h10-12,15-16,22H,1-9,13-14,17-19,21H2. The van der Waals surface area contributed by atoms with E-state index in [1.807, 2.05) is 0 Å². The molecule has 0 aliphatic carbocycles. The van der Waals surface area contributed by atoms with Crippen LogP contribution in [0.5, 0.6) is 0 Å². The zero-order chi connectivity index (χ0) is 15.7. The molecule has 2 heteroatoms. The lowest BCUT2D eigenvalue weighted by Crippen LogP contribution is -2.14. The van der Waals surface area contributed by atoms with Crippen molar-refractivity contribution in [1.82, 2.24) is 5.32 Å². The smallest absolute Gasteiger partial charge is 0.0205 e. The molecule has 0 bridgehead atoms. The summed E-state index contributed by atoms with van der Waals surface area (Å²) in [5.74, 6) is 0. The van der Waals surface area contributed by atoms with Crippen LogP contribution in [0.2, 0.25) is 0 Å². The Kier molecular flexibility index (Phi) is 13.1. The van der Waals surface area contributed by atoms with Crippen LogP contribution in [0, 0.1) is 0 Å². The van der Waals surface area contributed by atoms with Crippen molar-refractivity contribution in [2.45, 2.75) is 77.2 Å². The van der Waals surface area contributed by atoms with Crippen LogP contribution in [-0.4, -0.2) is 13.1 Å². The molecule has 1 rings (SSSR count). The van der Waals surface area contributed by atoms with E-state index in [2.05, 4.69) is 35.6 Å². The number of benzene rings is 1. The maximum absolute atomic E-state index is 5.49. The summed E-state index contributed by atoms with van der Waals surface area (Å²) in [5, 5.41) is 3.53. The second kappa shape index (κ2) is 15.1. The predicted molar refractivity (Wildman–Crippen MR) is 98.0 cm³/mol. The zero-order valence-corrected chi connectivity index (χ0v) is 14.4. The molecular weight excluding hydrogens is 268 g/mol. The van der Waals surface area contributed by atoms with Crippen LogP contribution in [0.3, 0.4) is 0 Å². The maximum atomic E-state index is 5.49. The fraction of sp³-hybridized carbons (Fsp3) is 0.700. The van der Waals surface area contributed by atoms with Gasteiger partial charge in [0.25, 0.3) is 0 Å². The molecule has 1 aromatic rings. The second-order valence-corrected chi connectivity index (χ2v) is 6.34. The second-order valence-electron chi connectivity index (χ2n) is 6.34. The molecule has 0 saturated carbocycles. The van der Waals surface area contributed by atoms with Gasteiger partial charge in [0.2, 0.25) is 0 Å². The van der Waals surface area contributed by atoms with Crippen LogP contribution in [0.1, 0.15) is 76.2 Å². The van der Waals surface area contributed by atoms with Gasteiger partial charge in [0.15, 0.2) is 0 Å². The summed E-state index contributed by atoms with van der Waals surface area (Å²) in [6.07, 6.45) is 15.1. The van der Waals surface area contributed by atoms with Crippen LogP contribution in [0.25, 0.3) is 0 Å². The van der Waals surface area contributed by atoms with E-state index in [9.17, 15) is 0 Å². The third-order valence-electron chi connectivity index (χ3n) is 4.23. The first-order valence-electron chi connectivity index (χ1n) is 9.38. The van der Waals surface area contributed by atoms with Gasteiger partial charge < -0.3 is 11.1 Å². The number of nitrogens with two attached hydrogens (primary N) is 1. The van der Waals surface area contributed by atoms with E-state index in [1.54, 1.807) is 0 Å². The van der Waals surface area contributed by atoms with Gasteiger partial charge >= 0.3 is 0 Å². The molecule has 0 amide bonds. The Labute approximate surface area is 137 Å². The normalized spacial score (nSPS) is 11.0. The molecule has 3 N–H and O–H groups in total. The van der Waals surface area contributed by atoms with Gasteiger partial charge in [-0.05, 0) is 31.5 Å². The van der Waals surface area contributed by atoms with Crippen LogP contribution >= 0.6 is 0 Å². The molecule has 0 saturated heterocycles. The molecule has 0 unspecified atom stereocenters. The molecule has 0 aromatic heterocycles. The first-order chi connectivity index (χ1) is 10.9. The quantitative estimate of drug-likeness (QED) is 0.446. The van der Waals surface area contributed by atoms with E-state index < -0.39 is 0 Å². The highest BCUT2D eigenvalue weighted by Crippen LogP contribution is 2.11. The van der Waals surface area contributed by atoms with Gasteiger partial charge in [-0.2, -0.15) is 0 Å². The van der Waals surface area contributed by atoms with E-state index >= 15 is 0 Å². The van der Waals surface area contributed by atoms with E-state index in [0.717, 1.165) is 19.6 Å². The molecule has 0 radical (unpaired) electrons. The number of hydrogen-bond acceptors (Lipinski definition) is 2. The van der Waals surface area contributed by atoms with Crippen molar-refractivity contribution in [3.8, 4) is 0 Å². The summed E-state index contributed by atoms with van der Waals surface area (Å²) in [6, 6.07) is 10.7. The average molecular weight is 305 g/mol. The summed E-state index contributed by atoms with van der Waals surface area (Å²) in [5.41, 5.74) is 6.88. The Morgan fingerprint density at radius 2 is 1.14 bits per heavy atom. The highest BCUT2D eigenvalue weighted by Gasteiger charge is 1.94.